The monoisotopic (exact) mass is 368 g/mol. The molecular weight excluding hydrogens is 347 g/mol. The summed E-state index contributed by atoms with van der Waals surface area (Å²) in [5, 5.41) is 6.58. The van der Waals surface area contributed by atoms with E-state index in [0.29, 0.717) is 35.0 Å². The van der Waals surface area contributed by atoms with Crippen LogP contribution in [0.15, 0.2) is 24.3 Å². The summed E-state index contributed by atoms with van der Waals surface area (Å²) in [6.07, 6.45) is 7.28. The van der Waals surface area contributed by atoms with Crippen LogP contribution in [0.5, 0.6) is 0 Å². The summed E-state index contributed by atoms with van der Waals surface area (Å²) in [6, 6.07) is 5.23. The van der Waals surface area contributed by atoms with Gasteiger partial charge in [0.15, 0.2) is 0 Å². The van der Waals surface area contributed by atoms with Gasteiger partial charge < -0.3 is 10.6 Å². The minimum absolute atomic E-state index is 0.104. The summed E-state index contributed by atoms with van der Waals surface area (Å²) in [4.78, 5) is 24.8. The van der Waals surface area contributed by atoms with Gasteiger partial charge in [-0.2, -0.15) is 0 Å². The number of carbonyl (C=O) groups is 2. The number of halogens is 2. The van der Waals surface area contributed by atoms with Gasteiger partial charge >= 0.3 is 0 Å². The molecule has 0 radical (unpaired) electrons. The molecule has 24 heavy (non-hydrogen) atoms. The van der Waals surface area contributed by atoms with E-state index in [1.807, 2.05) is 6.92 Å². The molecule has 1 aromatic rings. The largest absolute Gasteiger partial charge is 0.354 e. The van der Waals surface area contributed by atoms with Crippen molar-refractivity contribution in [1.29, 1.82) is 0 Å². The van der Waals surface area contributed by atoms with Crippen LogP contribution in [-0.2, 0) is 9.59 Å². The lowest BCUT2D eigenvalue weighted by Crippen LogP contribution is -2.59. The number of hydrogen-bond donors (Lipinski definition) is 2. The molecule has 2 amide bonds. The zero-order valence-corrected chi connectivity index (χ0v) is 15.2. The van der Waals surface area contributed by atoms with Crippen LogP contribution < -0.4 is 10.6 Å². The molecule has 0 unspecified atom stereocenters. The van der Waals surface area contributed by atoms with Gasteiger partial charge in [-0.15, -0.1) is 0 Å². The van der Waals surface area contributed by atoms with Crippen LogP contribution in [0.3, 0.4) is 0 Å². The van der Waals surface area contributed by atoms with Crippen molar-refractivity contribution in [1.82, 2.24) is 10.6 Å². The summed E-state index contributed by atoms with van der Waals surface area (Å²) >= 11 is 12.1. The third-order valence-electron chi connectivity index (χ3n) is 4.24. The highest BCUT2D eigenvalue weighted by molar-refractivity contribution is 6.42. The average Bonchev–Trinajstić information content (AvgIpc) is 2.57. The number of hydrogen-bond acceptors (Lipinski definition) is 2. The first-order valence-corrected chi connectivity index (χ1v) is 8.96. The van der Waals surface area contributed by atoms with Gasteiger partial charge in [-0.05, 0) is 37.5 Å². The van der Waals surface area contributed by atoms with Crippen molar-refractivity contribution >= 4 is 41.1 Å². The van der Waals surface area contributed by atoms with Crippen LogP contribution >= 0.6 is 23.2 Å². The van der Waals surface area contributed by atoms with E-state index in [1.54, 1.807) is 24.3 Å². The first-order chi connectivity index (χ1) is 11.5. The lowest BCUT2D eigenvalue weighted by atomic mass is 9.80. The summed E-state index contributed by atoms with van der Waals surface area (Å²) in [6.45, 7) is 2.42. The van der Waals surface area contributed by atoms with Gasteiger partial charge in [0.25, 0.3) is 0 Å². The Kier molecular flexibility index (Phi) is 6.69. The molecule has 6 heteroatoms. The zero-order chi connectivity index (χ0) is 17.6. The Hall–Kier alpha value is -1.52. The highest BCUT2D eigenvalue weighted by Gasteiger charge is 2.40. The second kappa shape index (κ2) is 8.54. The predicted octanol–water partition coefficient (Wildman–Crippen LogP) is 3.96. The van der Waals surface area contributed by atoms with Crippen molar-refractivity contribution in [3.05, 3.63) is 39.9 Å². The summed E-state index contributed by atoms with van der Waals surface area (Å²) < 4.78 is 0. The summed E-state index contributed by atoms with van der Waals surface area (Å²) in [5.74, 6) is -0.411. The first kappa shape index (κ1) is 18.8. The van der Waals surface area contributed by atoms with Crippen molar-refractivity contribution in [3.8, 4) is 0 Å². The quantitative estimate of drug-likeness (QED) is 0.772. The summed E-state index contributed by atoms with van der Waals surface area (Å²) in [5.41, 5.74) is -0.150. The highest BCUT2D eigenvalue weighted by Crippen LogP contribution is 2.29. The molecule has 0 saturated heterocycles. The maximum absolute atomic E-state index is 12.4. The maximum atomic E-state index is 12.4. The highest BCUT2D eigenvalue weighted by atomic mass is 35.5. The van der Waals surface area contributed by atoms with E-state index >= 15 is 0 Å². The molecule has 2 N–H and O–H groups in total. The Bertz CT molecular complexity index is 638. The molecule has 0 bridgehead atoms. The van der Waals surface area contributed by atoms with E-state index in [9.17, 15) is 9.59 Å². The molecule has 1 aliphatic carbocycles. The maximum Gasteiger partial charge on any atom is 0.245 e. The summed E-state index contributed by atoms with van der Waals surface area (Å²) in [7, 11) is 0. The van der Waals surface area contributed by atoms with E-state index < -0.39 is 5.54 Å². The average molecular weight is 369 g/mol. The molecule has 130 valence electrons. The molecule has 2 rings (SSSR count). The second-order valence-corrected chi connectivity index (χ2v) is 6.75. The Morgan fingerprint density at radius 1 is 1.21 bits per heavy atom. The van der Waals surface area contributed by atoms with Gasteiger partial charge in [-0.1, -0.05) is 54.6 Å². The Morgan fingerprint density at radius 3 is 2.58 bits per heavy atom. The molecule has 1 fully saturated rings. The van der Waals surface area contributed by atoms with E-state index in [-0.39, 0.29) is 11.8 Å². The van der Waals surface area contributed by atoms with Crippen LogP contribution in [0.2, 0.25) is 10.0 Å². The fourth-order valence-electron chi connectivity index (χ4n) is 2.99. The number of amides is 2. The smallest absolute Gasteiger partial charge is 0.245 e. The molecular formula is C18H22Cl2N2O2. The molecule has 0 spiro atoms. The van der Waals surface area contributed by atoms with Crippen LogP contribution in [0.1, 0.15) is 44.6 Å². The molecule has 0 atom stereocenters. The van der Waals surface area contributed by atoms with Crippen LogP contribution in [0.25, 0.3) is 6.08 Å². The molecule has 0 heterocycles. The molecule has 0 aliphatic heterocycles. The number of rotatable bonds is 5. The molecule has 1 aromatic carbocycles. The number of likely N-dealkylation sites (N-methyl/N-ethyl adjacent to an activating group) is 1. The predicted molar refractivity (Wildman–Crippen MR) is 98.1 cm³/mol. The fourth-order valence-corrected chi connectivity index (χ4v) is 3.36. The van der Waals surface area contributed by atoms with Crippen LogP contribution in [0.4, 0.5) is 0 Å². The lowest BCUT2D eigenvalue weighted by Gasteiger charge is -2.36. The SMILES string of the molecule is CCNC(=O)C1(NC(=O)/C=C/c2cccc(Cl)c2Cl)CCCCC1. The molecule has 4 nitrogen and oxygen atoms in total. The van der Waals surface area contributed by atoms with Gasteiger partial charge in [0.05, 0.1) is 10.0 Å². The Balaban J connectivity index is 2.11. The van der Waals surface area contributed by atoms with Crippen molar-refractivity contribution in [2.45, 2.75) is 44.6 Å². The van der Waals surface area contributed by atoms with Gasteiger partial charge in [-0.25, -0.2) is 0 Å². The van der Waals surface area contributed by atoms with Crippen molar-refractivity contribution in [2.24, 2.45) is 0 Å². The van der Waals surface area contributed by atoms with E-state index in [0.717, 1.165) is 19.3 Å². The van der Waals surface area contributed by atoms with Crippen LogP contribution in [0, 0.1) is 0 Å². The number of benzene rings is 1. The molecule has 0 aromatic heterocycles. The first-order valence-electron chi connectivity index (χ1n) is 8.21. The van der Waals surface area contributed by atoms with Crippen molar-refractivity contribution in [3.63, 3.8) is 0 Å². The normalized spacial score (nSPS) is 16.8. The van der Waals surface area contributed by atoms with Gasteiger partial charge in [0.2, 0.25) is 11.8 Å². The number of nitrogens with one attached hydrogen (secondary N) is 2. The Labute approximate surface area is 152 Å². The second-order valence-electron chi connectivity index (χ2n) is 5.97. The van der Waals surface area contributed by atoms with E-state index in [4.69, 9.17) is 23.2 Å². The minimum atomic E-state index is -0.812. The van der Waals surface area contributed by atoms with Gasteiger partial charge in [0.1, 0.15) is 5.54 Å². The van der Waals surface area contributed by atoms with E-state index in [1.165, 1.54) is 6.08 Å². The fraction of sp³-hybridized carbons (Fsp3) is 0.444. The molecule has 1 aliphatic rings. The third-order valence-corrected chi connectivity index (χ3v) is 5.07. The Morgan fingerprint density at radius 2 is 1.92 bits per heavy atom. The van der Waals surface area contributed by atoms with E-state index in [2.05, 4.69) is 10.6 Å². The van der Waals surface area contributed by atoms with Crippen LogP contribution in [-0.4, -0.2) is 23.9 Å². The lowest BCUT2D eigenvalue weighted by molar-refractivity contribution is -0.133. The third kappa shape index (κ3) is 4.52. The molecule has 1 saturated carbocycles. The topological polar surface area (TPSA) is 58.2 Å². The number of carbonyl (C=O) groups excluding carboxylic acids is 2. The van der Waals surface area contributed by atoms with Crippen molar-refractivity contribution < 1.29 is 9.59 Å². The minimum Gasteiger partial charge on any atom is -0.354 e. The van der Waals surface area contributed by atoms with Crippen molar-refractivity contribution in [2.75, 3.05) is 6.54 Å². The van der Waals surface area contributed by atoms with Gasteiger partial charge in [-0.3, -0.25) is 9.59 Å². The zero-order valence-electron chi connectivity index (χ0n) is 13.7. The van der Waals surface area contributed by atoms with Gasteiger partial charge in [0, 0.05) is 12.6 Å². The standard InChI is InChI=1S/C18H22Cl2N2O2/c1-2-21-17(24)18(11-4-3-5-12-18)22-15(23)10-9-13-7-6-8-14(19)16(13)20/h6-10H,2-5,11-12H2,1H3,(H,21,24)(H,22,23)/b10-9+.